The summed E-state index contributed by atoms with van der Waals surface area (Å²) in [6.07, 6.45) is 1.93. The Labute approximate surface area is 118 Å². The van der Waals surface area contributed by atoms with Crippen molar-refractivity contribution in [3.05, 3.63) is 28.2 Å². The van der Waals surface area contributed by atoms with Gasteiger partial charge in [0, 0.05) is 21.6 Å². The molecule has 0 amide bonds. The number of nitrogens with one attached hydrogen (secondary N) is 1. The van der Waals surface area contributed by atoms with Gasteiger partial charge in [0.15, 0.2) is 0 Å². The lowest BCUT2D eigenvalue weighted by molar-refractivity contribution is 0.381. The summed E-state index contributed by atoms with van der Waals surface area (Å²) in [4.78, 5) is 0. The molecule has 0 saturated heterocycles. The van der Waals surface area contributed by atoms with Crippen molar-refractivity contribution in [1.29, 1.82) is 0 Å². The van der Waals surface area contributed by atoms with Crippen molar-refractivity contribution >= 4 is 15.9 Å². The van der Waals surface area contributed by atoms with E-state index in [1.54, 1.807) is 7.11 Å². The molecule has 1 aromatic carbocycles. The third-order valence-electron chi connectivity index (χ3n) is 2.99. The summed E-state index contributed by atoms with van der Waals surface area (Å²) in [5.74, 6) is 0.910. The van der Waals surface area contributed by atoms with E-state index in [2.05, 4.69) is 41.2 Å². The van der Waals surface area contributed by atoms with Crippen molar-refractivity contribution in [3.63, 3.8) is 0 Å². The predicted molar refractivity (Wildman–Crippen MR) is 80.0 cm³/mol. The van der Waals surface area contributed by atoms with Crippen molar-refractivity contribution in [1.82, 2.24) is 5.32 Å². The van der Waals surface area contributed by atoms with E-state index in [-0.39, 0.29) is 11.6 Å². The van der Waals surface area contributed by atoms with Crippen LogP contribution in [-0.2, 0) is 0 Å². The van der Waals surface area contributed by atoms with Crippen LogP contribution in [0.3, 0.4) is 0 Å². The SMILES string of the molecule is CNC(CCC(C)(C)N)c1cc(Br)ccc1OC. The number of nitrogens with two attached hydrogens (primary N) is 1. The van der Waals surface area contributed by atoms with Crippen LogP contribution in [0.5, 0.6) is 5.75 Å². The highest BCUT2D eigenvalue weighted by molar-refractivity contribution is 9.10. The van der Waals surface area contributed by atoms with E-state index in [4.69, 9.17) is 10.5 Å². The number of ether oxygens (including phenoxy) is 1. The van der Waals surface area contributed by atoms with Crippen LogP contribution in [0.15, 0.2) is 22.7 Å². The van der Waals surface area contributed by atoms with Gasteiger partial charge in [0.25, 0.3) is 0 Å². The van der Waals surface area contributed by atoms with Gasteiger partial charge in [0.05, 0.1) is 7.11 Å². The second kappa shape index (κ2) is 6.55. The molecular weight excluding hydrogens is 292 g/mol. The van der Waals surface area contributed by atoms with Gasteiger partial charge in [0.2, 0.25) is 0 Å². The summed E-state index contributed by atoms with van der Waals surface area (Å²) >= 11 is 3.51. The molecule has 1 aromatic rings. The number of hydrogen-bond donors (Lipinski definition) is 2. The third-order valence-corrected chi connectivity index (χ3v) is 3.49. The Hall–Kier alpha value is -0.580. The molecule has 0 aliphatic heterocycles. The molecular formula is C14H23BrN2O. The molecule has 1 atom stereocenters. The Bertz CT molecular complexity index is 388. The van der Waals surface area contributed by atoms with Crippen molar-refractivity contribution in [2.24, 2.45) is 5.73 Å². The zero-order valence-electron chi connectivity index (χ0n) is 11.6. The summed E-state index contributed by atoms with van der Waals surface area (Å²) in [5.41, 5.74) is 7.07. The number of methoxy groups -OCH3 is 1. The van der Waals surface area contributed by atoms with Gasteiger partial charge in [0.1, 0.15) is 5.75 Å². The number of rotatable bonds is 6. The highest BCUT2D eigenvalue weighted by Crippen LogP contribution is 2.31. The predicted octanol–water partition coefficient (Wildman–Crippen LogP) is 3.24. The summed E-state index contributed by atoms with van der Waals surface area (Å²) in [7, 11) is 3.67. The lowest BCUT2D eigenvalue weighted by Crippen LogP contribution is -2.33. The highest BCUT2D eigenvalue weighted by atomic mass is 79.9. The summed E-state index contributed by atoms with van der Waals surface area (Å²) in [6.45, 7) is 4.11. The molecule has 3 N–H and O–H groups in total. The van der Waals surface area contributed by atoms with Gasteiger partial charge < -0.3 is 15.8 Å². The molecule has 0 aliphatic carbocycles. The molecule has 4 heteroatoms. The van der Waals surface area contributed by atoms with Gasteiger partial charge >= 0.3 is 0 Å². The topological polar surface area (TPSA) is 47.3 Å². The van der Waals surface area contributed by atoms with E-state index in [1.807, 2.05) is 19.2 Å². The van der Waals surface area contributed by atoms with Crippen LogP contribution in [-0.4, -0.2) is 19.7 Å². The second-order valence-electron chi connectivity index (χ2n) is 5.25. The molecule has 0 fully saturated rings. The minimum Gasteiger partial charge on any atom is -0.496 e. The average Bonchev–Trinajstić information content (AvgIpc) is 2.28. The molecule has 0 radical (unpaired) electrons. The van der Waals surface area contributed by atoms with Crippen LogP contribution in [0, 0.1) is 0 Å². The fourth-order valence-electron chi connectivity index (χ4n) is 1.95. The van der Waals surface area contributed by atoms with Gasteiger partial charge in [-0.25, -0.2) is 0 Å². The number of hydrogen-bond acceptors (Lipinski definition) is 3. The van der Waals surface area contributed by atoms with Gasteiger partial charge in [-0.1, -0.05) is 15.9 Å². The van der Waals surface area contributed by atoms with Crippen molar-refractivity contribution in [2.75, 3.05) is 14.2 Å². The molecule has 0 aliphatic rings. The van der Waals surface area contributed by atoms with Crippen LogP contribution in [0.2, 0.25) is 0 Å². The smallest absolute Gasteiger partial charge is 0.123 e. The Morgan fingerprint density at radius 3 is 2.61 bits per heavy atom. The standard InChI is InChI=1S/C14H23BrN2O/c1-14(2,16)8-7-12(17-3)11-9-10(15)5-6-13(11)18-4/h5-6,9,12,17H,7-8,16H2,1-4H3. The first-order valence-corrected chi connectivity index (χ1v) is 6.96. The van der Waals surface area contributed by atoms with Gasteiger partial charge in [-0.2, -0.15) is 0 Å². The summed E-state index contributed by atoms with van der Waals surface area (Å²) < 4.78 is 6.48. The quantitative estimate of drug-likeness (QED) is 0.847. The lowest BCUT2D eigenvalue weighted by atomic mass is 9.93. The maximum Gasteiger partial charge on any atom is 0.123 e. The molecule has 102 valence electrons. The first kappa shape index (κ1) is 15.5. The van der Waals surface area contributed by atoms with E-state index < -0.39 is 0 Å². The Morgan fingerprint density at radius 1 is 1.44 bits per heavy atom. The largest absolute Gasteiger partial charge is 0.496 e. The van der Waals surface area contributed by atoms with Crippen LogP contribution in [0.1, 0.15) is 38.3 Å². The maximum atomic E-state index is 6.05. The minimum absolute atomic E-state index is 0.144. The average molecular weight is 315 g/mol. The molecule has 0 aromatic heterocycles. The van der Waals surface area contributed by atoms with E-state index in [0.717, 1.165) is 23.1 Å². The first-order chi connectivity index (χ1) is 8.37. The lowest BCUT2D eigenvalue weighted by Gasteiger charge is -2.24. The molecule has 0 saturated carbocycles. The van der Waals surface area contributed by atoms with E-state index in [9.17, 15) is 0 Å². The zero-order valence-corrected chi connectivity index (χ0v) is 13.2. The maximum absolute atomic E-state index is 6.05. The van der Waals surface area contributed by atoms with E-state index in [0.29, 0.717) is 0 Å². The molecule has 18 heavy (non-hydrogen) atoms. The summed E-state index contributed by atoms with van der Waals surface area (Å²) in [5, 5.41) is 3.34. The zero-order chi connectivity index (χ0) is 13.8. The fourth-order valence-corrected chi connectivity index (χ4v) is 2.33. The van der Waals surface area contributed by atoms with Crippen LogP contribution >= 0.6 is 15.9 Å². The minimum atomic E-state index is -0.144. The summed E-state index contributed by atoms with van der Waals surface area (Å²) in [6, 6.07) is 6.32. The molecule has 3 nitrogen and oxygen atoms in total. The van der Waals surface area contributed by atoms with Crippen molar-refractivity contribution in [3.8, 4) is 5.75 Å². The van der Waals surface area contributed by atoms with E-state index >= 15 is 0 Å². The molecule has 0 heterocycles. The van der Waals surface area contributed by atoms with Crippen LogP contribution in [0.25, 0.3) is 0 Å². The molecule has 1 unspecified atom stereocenters. The van der Waals surface area contributed by atoms with Crippen LogP contribution < -0.4 is 15.8 Å². The van der Waals surface area contributed by atoms with Gasteiger partial charge in [-0.05, 0) is 51.9 Å². The Kier molecular flexibility index (Phi) is 5.63. The van der Waals surface area contributed by atoms with Crippen molar-refractivity contribution in [2.45, 2.75) is 38.3 Å². The van der Waals surface area contributed by atoms with Gasteiger partial charge in [-0.3, -0.25) is 0 Å². The molecule has 0 bridgehead atoms. The number of halogens is 1. The van der Waals surface area contributed by atoms with Gasteiger partial charge in [-0.15, -0.1) is 0 Å². The second-order valence-corrected chi connectivity index (χ2v) is 6.17. The number of benzene rings is 1. The van der Waals surface area contributed by atoms with Crippen molar-refractivity contribution < 1.29 is 4.74 Å². The Morgan fingerprint density at radius 2 is 2.11 bits per heavy atom. The Balaban J connectivity index is 2.90. The van der Waals surface area contributed by atoms with Crippen LogP contribution in [0.4, 0.5) is 0 Å². The first-order valence-electron chi connectivity index (χ1n) is 6.17. The molecule has 0 spiro atoms. The van der Waals surface area contributed by atoms with E-state index in [1.165, 1.54) is 5.56 Å². The third kappa shape index (κ3) is 4.59. The molecule has 1 rings (SSSR count). The monoisotopic (exact) mass is 314 g/mol. The fraction of sp³-hybridized carbons (Fsp3) is 0.571. The normalized spacial score (nSPS) is 13.4. The highest BCUT2D eigenvalue weighted by Gasteiger charge is 2.18.